The summed E-state index contributed by atoms with van der Waals surface area (Å²) in [6.45, 7) is 2.89. The highest BCUT2D eigenvalue weighted by Gasteiger charge is 2.31. The number of carbonyl (C=O) groups excluding carboxylic acids is 1. The summed E-state index contributed by atoms with van der Waals surface area (Å²) in [5, 5.41) is 10.6. The summed E-state index contributed by atoms with van der Waals surface area (Å²) >= 11 is 1.46. The Labute approximate surface area is 169 Å². The predicted octanol–water partition coefficient (Wildman–Crippen LogP) is 1.74. The number of hydrogen-bond donors (Lipinski definition) is 2. The third kappa shape index (κ3) is 5.33. The van der Waals surface area contributed by atoms with E-state index in [1.165, 1.54) is 16.1 Å². The molecule has 0 bridgehead atoms. The van der Waals surface area contributed by atoms with Gasteiger partial charge >= 0.3 is 0 Å². The van der Waals surface area contributed by atoms with Crippen LogP contribution >= 0.6 is 11.8 Å². The van der Waals surface area contributed by atoms with Crippen LogP contribution in [0.2, 0.25) is 0 Å². The average Bonchev–Trinajstić information content (AvgIpc) is 3.21. The first-order valence-electron chi connectivity index (χ1n) is 9.35. The van der Waals surface area contributed by atoms with Crippen LogP contribution < -0.4 is 5.32 Å². The zero-order valence-electron chi connectivity index (χ0n) is 15.8. The largest absolute Gasteiger partial charge is 0.355 e. The summed E-state index contributed by atoms with van der Waals surface area (Å²) < 4.78 is 25.5. The van der Waals surface area contributed by atoms with Gasteiger partial charge in [0.15, 0.2) is 5.82 Å². The lowest BCUT2D eigenvalue weighted by atomic mass is 9.99. The van der Waals surface area contributed by atoms with Crippen molar-refractivity contribution in [1.82, 2.24) is 24.8 Å². The molecular weight excluding hydrogens is 398 g/mol. The van der Waals surface area contributed by atoms with Crippen LogP contribution in [0.15, 0.2) is 35.5 Å². The number of benzene rings is 1. The normalized spacial score (nSPS) is 18.1. The monoisotopic (exact) mass is 423 g/mol. The molecule has 1 saturated heterocycles. The van der Waals surface area contributed by atoms with E-state index in [9.17, 15) is 13.2 Å². The van der Waals surface area contributed by atoms with E-state index in [1.807, 2.05) is 30.3 Å². The molecule has 1 aliphatic rings. The van der Waals surface area contributed by atoms with Crippen LogP contribution in [0.3, 0.4) is 0 Å². The summed E-state index contributed by atoms with van der Waals surface area (Å²) in [6.07, 6.45) is 1.43. The van der Waals surface area contributed by atoms with Gasteiger partial charge < -0.3 is 5.32 Å². The van der Waals surface area contributed by atoms with Crippen LogP contribution in [0, 0.1) is 5.92 Å². The third-order valence-electron chi connectivity index (χ3n) is 4.66. The van der Waals surface area contributed by atoms with Gasteiger partial charge in [-0.25, -0.2) is 17.7 Å². The number of carbonyl (C=O) groups is 1. The van der Waals surface area contributed by atoms with E-state index in [0.717, 1.165) is 12.0 Å². The topological polar surface area (TPSA) is 108 Å². The molecule has 3 rings (SSSR count). The molecule has 2 N–H and O–H groups in total. The molecule has 1 atom stereocenters. The number of hydrogen-bond acceptors (Lipinski definition) is 6. The standard InChI is InChI=1S/C18H25N5O3S2/c1-2-28(25,26)23-11-6-9-15(13-23)17(24)19-10-12-27-18-20-16(21-22-18)14-7-4-3-5-8-14/h3-5,7-8,15H,2,6,9-13H2,1H3,(H,19,24)(H,20,21,22)/t15-/m0/s1. The zero-order valence-corrected chi connectivity index (χ0v) is 17.4. The lowest BCUT2D eigenvalue weighted by Crippen LogP contribution is -2.46. The van der Waals surface area contributed by atoms with Crippen molar-refractivity contribution < 1.29 is 13.2 Å². The fourth-order valence-corrected chi connectivity index (χ4v) is 4.92. The molecule has 10 heteroatoms. The van der Waals surface area contributed by atoms with Gasteiger partial charge in [-0.05, 0) is 19.8 Å². The van der Waals surface area contributed by atoms with Gasteiger partial charge in [-0.3, -0.25) is 9.89 Å². The van der Waals surface area contributed by atoms with Gasteiger partial charge in [0.05, 0.1) is 11.7 Å². The van der Waals surface area contributed by atoms with Crippen LogP contribution in [0.1, 0.15) is 19.8 Å². The maximum absolute atomic E-state index is 12.4. The number of sulfonamides is 1. The van der Waals surface area contributed by atoms with Crippen LogP contribution in [-0.2, 0) is 14.8 Å². The summed E-state index contributed by atoms with van der Waals surface area (Å²) in [5.74, 6) is 1.05. The first-order valence-corrected chi connectivity index (χ1v) is 11.9. The molecular formula is C18H25N5O3S2. The van der Waals surface area contributed by atoms with Gasteiger partial charge in [-0.15, -0.1) is 5.10 Å². The molecule has 2 heterocycles. The number of amides is 1. The van der Waals surface area contributed by atoms with Crippen LogP contribution in [0.4, 0.5) is 0 Å². The number of nitrogens with one attached hydrogen (secondary N) is 2. The Morgan fingerprint density at radius 2 is 2.14 bits per heavy atom. The number of piperidine rings is 1. The molecule has 1 aromatic heterocycles. The summed E-state index contributed by atoms with van der Waals surface area (Å²) in [6, 6.07) is 9.75. The fraction of sp³-hybridized carbons (Fsp3) is 0.500. The SMILES string of the molecule is CCS(=O)(=O)N1CCC[C@H](C(=O)NCCSc2n[nH]c(-c3ccccc3)n2)C1. The molecule has 1 fully saturated rings. The molecule has 8 nitrogen and oxygen atoms in total. The third-order valence-corrected chi connectivity index (χ3v) is 7.35. The highest BCUT2D eigenvalue weighted by atomic mass is 32.2. The molecule has 0 spiro atoms. The maximum Gasteiger partial charge on any atom is 0.224 e. The lowest BCUT2D eigenvalue weighted by molar-refractivity contribution is -0.125. The second kappa shape index (κ2) is 9.53. The minimum Gasteiger partial charge on any atom is -0.355 e. The van der Waals surface area contributed by atoms with E-state index >= 15 is 0 Å². The molecule has 0 radical (unpaired) electrons. The molecule has 1 amide bonds. The van der Waals surface area contributed by atoms with Crippen LogP contribution in [-0.4, -0.2) is 65.0 Å². The van der Waals surface area contributed by atoms with E-state index < -0.39 is 10.0 Å². The maximum atomic E-state index is 12.4. The number of aromatic nitrogens is 3. The number of aromatic amines is 1. The van der Waals surface area contributed by atoms with E-state index in [0.29, 0.717) is 36.2 Å². The lowest BCUT2D eigenvalue weighted by Gasteiger charge is -2.30. The molecule has 152 valence electrons. The van der Waals surface area contributed by atoms with Crippen molar-refractivity contribution in [3.05, 3.63) is 30.3 Å². The van der Waals surface area contributed by atoms with Crippen molar-refractivity contribution in [2.45, 2.75) is 24.9 Å². The van der Waals surface area contributed by atoms with E-state index in [1.54, 1.807) is 6.92 Å². The van der Waals surface area contributed by atoms with Gasteiger partial charge in [0.1, 0.15) is 0 Å². The molecule has 0 saturated carbocycles. The Balaban J connectivity index is 1.43. The average molecular weight is 424 g/mol. The Kier molecular flexibility index (Phi) is 7.08. The summed E-state index contributed by atoms with van der Waals surface area (Å²) in [5.41, 5.74) is 0.971. The van der Waals surface area contributed by atoms with Gasteiger partial charge in [0.25, 0.3) is 0 Å². The predicted molar refractivity (Wildman–Crippen MR) is 109 cm³/mol. The number of H-pyrrole nitrogens is 1. The Morgan fingerprint density at radius 3 is 2.89 bits per heavy atom. The highest BCUT2D eigenvalue weighted by molar-refractivity contribution is 7.99. The van der Waals surface area contributed by atoms with Crippen molar-refractivity contribution in [3.63, 3.8) is 0 Å². The summed E-state index contributed by atoms with van der Waals surface area (Å²) in [7, 11) is -3.24. The van der Waals surface area contributed by atoms with Crippen LogP contribution in [0.5, 0.6) is 0 Å². The number of rotatable bonds is 8. The van der Waals surface area contributed by atoms with E-state index in [2.05, 4.69) is 20.5 Å². The molecule has 1 aliphatic heterocycles. The minimum absolute atomic E-state index is 0.0691. The van der Waals surface area contributed by atoms with Crippen LogP contribution in [0.25, 0.3) is 11.4 Å². The molecule has 28 heavy (non-hydrogen) atoms. The minimum atomic E-state index is -3.24. The Morgan fingerprint density at radius 1 is 1.36 bits per heavy atom. The fourth-order valence-electron chi connectivity index (χ4n) is 3.09. The van der Waals surface area contributed by atoms with Crippen molar-refractivity contribution in [2.24, 2.45) is 5.92 Å². The second-order valence-electron chi connectivity index (χ2n) is 6.57. The number of nitrogens with zero attached hydrogens (tertiary/aromatic N) is 3. The Bertz CT molecular complexity index is 886. The van der Waals surface area contributed by atoms with Gasteiger partial charge in [-0.2, -0.15) is 0 Å². The first-order chi connectivity index (χ1) is 13.5. The summed E-state index contributed by atoms with van der Waals surface area (Å²) in [4.78, 5) is 16.8. The first kappa shape index (κ1) is 20.8. The molecule has 2 aromatic rings. The van der Waals surface area contributed by atoms with E-state index in [-0.39, 0.29) is 24.1 Å². The van der Waals surface area contributed by atoms with Crippen molar-refractivity contribution in [3.8, 4) is 11.4 Å². The van der Waals surface area contributed by atoms with Gasteiger partial charge in [0.2, 0.25) is 21.1 Å². The van der Waals surface area contributed by atoms with Gasteiger partial charge in [-0.1, -0.05) is 42.1 Å². The zero-order chi connectivity index (χ0) is 20.0. The smallest absolute Gasteiger partial charge is 0.224 e. The number of thioether (sulfide) groups is 1. The second-order valence-corrected chi connectivity index (χ2v) is 9.89. The molecule has 0 unspecified atom stereocenters. The van der Waals surface area contributed by atoms with E-state index in [4.69, 9.17) is 0 Å². The molecule has 1 aromatic carbocycles. The Hall–Kier alpha value is -1.91. The molecule has 0 aliphatic carbocycles. The van der Waals surface area contributed by atoms with Crippen molar-refractivity contribution in [1.29, 1.82) is 0 Å². The van der Waals surface area contributed by atoms with Gasteiger partial charge in [0, 0.05) is 31.0 Å². The highest BCUT2D eigenvalue weighted by Crippen LogP contribution is 2.20. The quantitative estimate of drug-likeness (QED) is 0.495. The van der Waals surface area contributed by atoms with Crippen molar-refractivity contribution in [2.75, 3.05) is 31.1 Å². The van der Waals surface area contributed by atoms with Crippen molar-refractivity contribution >= 4 is 27.7 Å².